The summed E-state index contributed by atoms with van der Waals surface area (Å²) >= 11 is 0. The van der Waals surface area contributed by atoms with Crippen LogP contribution in [-0.4, -0.2) is 25.0 Å². The van der Waals surface area contributed by atoms with E-state index in [2.05, 4.69) is 10.6 Å². The minimum absolute atomic E-state index is 0.146. The lowest BCUT2D eigenvalue weighted by Crippen LogP contribution is -2.30. The van der Waals surface area contributed by atoms with Crippen molar-refractivity contribution in [2.45, 2.75) is 26.2 Å². The zero-order valence-electron chi connectivity index (χ0n) is 14.4. The summed E-state index contributed by atoms with van der Waals surface area (Å²) in [7, 11) is 0. The van der Waals surface area contributed by atoms with Gasteiger partial charge in [0, 0.05) is 30.9 Å². The van der Waals surface area contributed by atoms with Crippen LogP contribution in [0, 0.1) is 6.92 Å². The summed E-state index contributed by atoms with van der Waals surface area (Å²) in [6.07, 6.45) is 2.27. The van der Waals surface area contributed by atoms with Gasteiger partial charge in [0.1, 0.15) is 0 Å². The molecule has 130 valence electrons. The average Bonchev–Trinajstić information content (AvgIpc) is 3.03. The first-order chi connectivity index (χ1) is 12.1. The summed E-state index contributed by atoms with van der Waals surface area (Å²) in [5.41, 5.74) is 3.79. The fourth-order valence-electron chi connectivity index (χ4n) is 3.02. The molecule has 0 aromatic heterocycles. The number of hydrogen-bond donors (Lipinski definition) is 2. The highest BCUT2D eigenvalue weighted by Crippen LogP contribution is 2.28. The first-order valence-corrected chi connectivity index (χ1v) is 8.63. The molecule has 1 fully saturated rings. The van der Waals surface area contributed by atoms with Gasteiger partial charge in [-0.3, -0.25) is 4.79 Å². The second-order valence-corrected chi connectivity index (χ2v) is 6.27. The molecule has 1 aliphatic heterocycles. The van der Waals surface area contributed by atoms with Gasteiger partial charge in [-0.2, -0.15) is 0 Å². The van der Waals surface area contributed by atoms with E-state index in [0.717, 1.165) is 30.6 Å². The zero-order chi connectivity index (χ0) is 17.6. The third-order valence-corrected chi connectivity index (χ3v) is 4.37. The second-order valence-electron chi connectivity index (χ2n) is 6.27. The van der Waals surface area contributed by atoms with Crippen molar-refractivity contribution in [1.29, 1.82) is 0 Å². The minimum Gasteiger partial charge on any atom is -0.338 e. The molecule has 0 saturated carbocycles. The van der Waals surface area contributed by atoms with E-state index in [4.69, 9.17) is 0 Å². The highest BCUT2D eigenvalue weighted by Gasteiger charge is 2.23. The molecule has 0 unspecified atom stereocenters. The molecule has 2 N–H and O–H groups in total. The van der Waals surface area contributed by atoms with Crippen LogP contribution in [0.15, 0.2) is 48.5 Å². The number of amides is 3. The Kier molecular flexibility index (Phi) is 5.33. The van der Waals surface area contributed by atoms with Gasteiger partial charge in [0.05, 0.1) is 0 Å². The highest BCUT2D eigenvalue weighted by atomic mass is 16.2. The molecule has 2 aromatic rings. The van der Waals surface area contributed by atoms with E-state index < -0.39 is 0 Å². The van der Waals surface area contributed by atoms with E-state index in [1.807, 2.05) is 55.5 Å². The quantitative estimate of drug-likeness (QED) is 0.877. The summed E-state index contributed by atoms with van der Waals surface area (Å²) in [5.74, 6) is 0.146. The molecule has 0 spiro atoms. The monoisotopic (exact) mass is 337 g/mol. The lowest BCUT2D eigenvalue weighted by atomic mass is 10.1. The molecule has 1 saturated heterocycles. The minimum atomic E-state index is -0.238. The number of hydrogen-bond acceptors (Lipinski definition) is 2. The van der Waals surface area contributed by atoms with Crippen LogP contribution in [0.4, 0.5) is 16.2 Å². The van der Waals surface area contributed by atoms with Crippen molar-refractivity contribution in [3.8, 4) is 0 Å². The Bertz CT molecular complexity index is 759. The van der Waals surface area contributed by atoms with E-state index in [9.17, 15) is 9.59 Å². The molecule has 1 aliphatic rings. The summed E-state index contributed by atoms with van der Waals surface area (Å²) < 4.78 is 0. The number of nitrogens with zero attached hydrogens (tertiary/aromatic N) is 1. The molecule has 3 amide bonds. The van der Waals surface area contributed by atoms with Crippen molar-refractivity contribution in [3.63, 3.8) is 0 Å². The van der Waals surface area contributed by atoms with Gasteiger partial charge in [0.25, 0.3) is 0 Å². The first kappa shape index (κ1) is 17.0. The standard InChI is InChI=1S/C20H23N3O2/c1-15-9-10-17(14-18(15)23-13-5-8-19(23)24)22-20(25)21-12-11-16-6-3-2-4-7-16/h2-4,6-7,9-10,14H,5,8,11-13H2,1H3,(H2,21,22,25). The van der Waals surface area contributed by atoms with Crippen molar-refractivity contribution >= 4 is 23.3 Å². The molecular formula is C20H23N3O2. The number of nitrogens with one attached hydrogen (secondary N) is 2. The van der Waals surface area contributed by atoms with Gasteiger partial charge in [-0.15, -0.1) is 0 Å². The Labute approximate surface area is 148 Å². The van der Waals surface area contributed by atoms with Crippen LogP contribution >= 0.6 is 0 Å². The summed E-state index contributed by atoms with van der Waals surface area (Å²) in [4.78, 5) is 25.8. The van der Waals surface area contributed by atoms with E-state index >= 15 is 0 Å². The summed E-state index contributed by atoms with van der Waals surface area (Å²) in [6, 6.07) is 15.5. The SMILES string of the molecule is Cc1ccc(NC(=O)NCCc2ccccc2)cc1N1CCCC1=O. The van der Waals surface area contributed by atoms with Gasteiger partial charge in [0.15, 0.2) is 0 Å². The number of anilines is 2. The predicted molar refractivity (Wildman–Crippen MR) is 99.9 cm³/mol. The van der Waals surface area contributed by atoms with E-state index in [0.29, 0.717) is 18.7 Å². The van der Waals surface area contributed by atoms with Gasteiger partial charge in [-0.1, -0.05) is 36.4 Å². The molecule has 2 aromatic carbocycles. The Morgan fingerprint density at radius 2 is 1.96 bits per heavy atom. The second kappa shape index (κ2) is 7.83. The van der Waals surface area contributed by atoms with Crippen LogP contribution in [0.3, 0.4) is 0 Å². The van der Waals surface area contributed by atoms with Crippen LogP contribution in [0.2, 0.25) is 0 Å². The van der Waals surface area contributed by atoms with Gasteiger partial charge in [0.2, 0.25) is 5.91 Å². The molecule has 5 nitrogen and oxygen atoms in total. The van der Waals surface area contributed by atoms with Gasteiger partial charge >= 0.3 is 6.03 Å². The first-order valence-electron chi connectivity index (χ1n) is 8.63. The zero-order valence-corrected chi connectivity index (χ0v) is 14.4. The normalized spacial score (nSPS) is 13.8. The van der Waals surface area contributed by atoms with Crippen molar-refractivity contribution in [3.05, 3.63) is 59.7 Å². The molecule has 1 heterocycles. The van der Waals surface area contributed by atoms with Crippen LogP contribution in [-0.2, 0) is 11.2 Å². The number of carbonyl (C=O) groups excluding carboxylic acids is 2. The Hall–Kier alpha value is -2.82. The largest absolute Gasteiger partial charge is 0.338 e. The van der Waals surface area contributed by atoms with Crippen LogP contribution in [0.25, 0.3) is 0 Å². The molecule has 5 heteroatoms. The average molecular weight is 337 g/mol. The molecule has 0 aliphatic carbocycles. The van der Waals surface area contributed by atoms with Crippen LogP contribution in [0.1, 0.15) is 24.0 Å². The maximum absolute atomic E-state index is 12.1. The third-order valence-electron chi connectivity index (χ3n) is 4.37. The van der Waals surface area contributed by atoms with E-state index in [1.54, 1.807) is 4.90 Å². The van der Waals surface area contributed by atoms with Crippen molar-refractivity contribution in [1.82, 2.24) is 5.32 Å². The van der Waals surface area contributed by atoms with Crippen molar-refractivity contribution in [2.75, 3.05) is 23.3 Å². The fraction of sp³-hybridized carbons (Fsp3) is 0.300. The summed E-state index contributed by atoms with van der Waals surface area (Å²) in [5, 5.41) is 5.71. The van der Waals surface area contributed by atoms with Crippen molar-refractivity contribution in [2.24, 2.45) is 0 Å². The molecule has 3 rings (SSSR count). The maximum Gasteiger partial charge on any atom is 0.319 e. The maximum atomic E-state index is 12.1. The lowest BCUT2D eigenvalue weighted by Gasteiger charge is -2.19. The van der Waals surface area contributed by atoms with E-state index in [1.165, 1.54) is 5.56 Å². The lowest BCUT2D eigenvalue weighted by molar-refractivity contribution is -0.117. The third kappa shape index (κ3) is 4.38. The number of rotatable bonds is 5. The fourth-order valence-corrected chi connectivity index (χ4v) is 3.02. The predicted octanol–water partition coefficient (Wildman–Crippen LogP) is 3.49. The van der Waals surface area contributed by atoms with Gasteiger partial charge in [-0.25, -0.2) is 4.79 Å². The Morgan fingerprint density at radius 3 is 2.68 bits per heavy atom. The molecule has 0 radical (unpaired) electrons. The van der Waals surface area contributed by atoms with Gasteiger partial charge < -0.3 is 15.5 Å². The van der Waals surface area contributed by atoms with Gasteiger partial charge in [-0.05, 0) is 43.0 Å². The van der Waals surface area contributed by atoms with Crippen LogP contribution in [0.5, 0.6) is 0 Å². The smallest absolute Gasteiger partial charge is 0.319 e. The molecule has 0 bridgehead atoms. The molecule has 0 atom stereocenters. The van der Waals surface area contributed by atoms with Crippen molar-refractivity contribution < 1.29 is 9.59 Å². The number of carbonyl (C=O) groups is 2. The Morgan fingerprint density at radius 1 is 1.16 bits per heavy atom. The number of benzene rings is 2. The number of aryl methyl sites for hydroxylation is 1. The van der Waals surface area contributed by atoms with Crippen LogP contribution < -0.4 is 15.5 Å². The van der Waals surface area contributed by atoms with E-state index in [-0.39, 0.29) is 11.9 Å². The molecular weight excluding hydrogens is 314 g/mol. The molecule has 25 heavy (non-hydrogen) atoms. The summed E-state index contributed by atoms with van der Waals surface area (Å²) in [6.45, 7) is 3.29. The number of urea groups is 1. The highest BCUT2D eigenvalue weighted by molar-refractivity contribution is 5.97. The topological polar surface area (TPSA) is 61.4 Å². The Balaban J connectivity index is 1.57.